The zero-order valence-electron chi connectivity index (χ0n) is 16.4. The summed E-state index contributed by atoms with van der Waals surface area (Å²) >= 11 is 0. The van der Waals surface area contributed by atoms with Gasteiger partial charge in [-0.1, -0.05) is 84.9 Å². The molecule has 0 amide bonds. The molecule has 146 valence electrons. The van der Waals surface area contributed by atoms with Gasteiger partial charge in [0.2, 0.25) is 0 Å². The summed E-state index contributed by atoms with van der Waals surface area (Å²) in [5.74, 6) is -0.155. The molecule has 0 saturated carbocycles. The lowest BCUT2D eigenvalue weighted by Crippen LogP contribution is -2.70. The Bertz CT molecular complexity index is 1230. The van der Waals surface area contributed by atoms with E-state index in [2.05, 4.69) is 18.2 Å². The highest BCUT2D eigenvalue weighted by molar-refractivity contribution is 7.95. The lowest BCUT2D eigenvalue weighted by atomic mass is 9.61. The lowest BCUT2D eigenvalue weighted by molar-refractivity contribution is -0.0516. The molecule has 6 rings (SSSR count). The molecule has 0 spiro atoms. The molecule has 0 aromatic heterocycles. The maximum absolute atomic E-state index is 13.6. The van der Waals surface area contributed by atoms with Crippen molar-refractivity contribution in [1.29, 1.82) is 0 Å². The van der Waals surface area contributed by atoms with Crippen LogP contribution in [0.15, 0.2) is 84.9 Å². The molecule has 3 aliphatic rings. The van der Waals surface area contributed by atoms with Gasteiger partial charge in [-0.3, -0.25) is 0 Å². The highest BCUT2D eigenvalue weighted by atomic mass is 32.2. The van der Waals surface area contributed by atoms with Gasteiger partial charge in [0.05, 0.1) is 4.75 Å². The summed E-state index contributed by atoms with van der Waals surface area (Å²) in [6.07, 6.45) is 0. The van der Waals surface area contributed by atoms with Crippen LogP contribution in [0.5, 0.6) is 0 Å². The van der Waals surface area contributed by atoms with Crippen LogP contribution in [0.3, 0.4) is 0 Å². The van der Waals surface area contributed by atoms with Crippen molar-refractivity contribution in [2.45, 2.75) is 35.0 Å². The van der Waals surface area contributed by atoms with Crippen LogP contribution in [0.2, 0.25) is 0 Å². The van der Waals surface area contributed by atoms with Gasteiger partial charge in [-0.25, -0.2) is 8.42 Å². The Balaban J connectivity index is 1.77. The van der Waals surface area contributed by atoms with Crippen LogP contribution in [-0.4, -0.2) is 18.4 Å². The van der Waals surface area contributed by atoms with Crippen LogP contribution in [0.1, 0.15) is 36.1 Å². The normalized spacial score (nSPS) is 34.8. The molecule has 29 heavy (non-hydrogen) atoms. The van der Waals surface area contributed by atoms with Gasteiger partial charge in [0, 0.05) is 5.92 Å². The van der Waals surface area contributed by atoms with Crippen molar-refractivity contribution in [2.24, 2.45) is 5.92 Å². The number of hydrogen-bond donors (Lipinski definition) is 0. The Hall–Kier alpha value is -2.43. The van der Waals surface area contributed by atoms with Gasteiger partial charge in [-0.2, -0.15) is 0 Å². The van der Waals surface area contributed by atoms with Crippen molar-refractivity contribution in [3.8, 4) is 0 Å². The average molecular weight is 403 g/mol. The minimum Gasteiger partial charge on any atom is -0.348 e. The molecule has 0 unspecified atom stereocenters. The van der Waals surface area contributed by atoms with Crippen molar-refractivity contribution in [1.82, 2.24) is 0 Å². The molecule has 3 heterocycles. The second-order valence-corrected chi connectivity index (χ2v) is 11.5. The fourth-order valence-electron chi connectivity index (χ4n) is 6.21. The van der Waals surface area contributed by atoms with Crippen molar-refractivity contribution in [3.63, 3.8) is 0 Å². The molecule has 3 aromatic rings. The van der Waals surface area contributed by atoms with Gasteiger partial charge in [-0.15, -0.1) is 0 Å². The third-order valence-electron chi connectivity index (χ3n) is 7.41. The summed E-state index contributed by atoms with van der Waals surface area (Å²) in [4.78, 5) is 0. The zero-order chi connectivity index (χ0) is 20.1. The zero-order valence-corrected chi connectivity index (χ0v) is 17.2. The first-order valence-corrected chi connectivity index (χ1v) is 11.6. The molecule has 2 saturated heterocycles. The molecule has 2 fully saturated rings. The summed E-state index contributed by atoms with van der Waals surface area (Å²) in [5.41, 5.74) is 2.27. The second kappa shape index (κ2) is 5.18. The lowest BCUT2D eigenvalue weighted by Gasteiger charge is -2.56. The number of rotatable bonds is 2. The van der Waals surface area contributed by atoms with Crippen LogP contribution in [0, 0.1) is 5.92 Å². The molecule has 3 aromatic carbocycles. The fourth-order valence-corrected chi connectivity index (χ4v) is 8.94. The predicted octanol–water partition coefficient (Wildman–Crippen LogP) is 4.41. The number of fused-ring (bicyclic) bond motifs is 8. The largest absolute Gasteiger partial charge is 0.348 e. The van der Waals surface area contributed by atoms with Crippen LogP contribution in [0.25, 0.3) is 0 Å². The smallest absolute Gasteiger partial charge is 0.162 e. The topological polar surface area (TPSA) is 43.4 Å². The summed E-state index contributed by atoms with van der Waals surface area (Å²) in [7, 11) is -3.39. The first-order chi connectivity index (χ1) is 13.9. The van der Waals surface area contributed by atoms with Crippen molar-refractivity contribution >= 4 is 9.84 Å². The quantitative estimate of drug-likeness (QED) is 0.638. The number of sulfone groups is 1. The van der Waals surface area contributed by atoms with E-state index >= 15 is 0 Å². The average Bonchev–Trinajstić information content (AvgIpc) is 3.24. The minimum absolute atomic E-state index is 0.155. The third-order valence-corrected chi connectivity index (χ3v) is 10.4. The van der Waals surface area contributed by atoms with Gasteiger partial charge in [0.1, 0.15) is 16.5 Å². The van der Waals surface area contributed by atoms with Gasteiger partial charge in [0.25, 0.3) is 0 Å². The molecule has 2 bridgehead atoms. The first-order valence-electron chi connectivity index (χ1n) is 10.0. The van der Waals surface area contributed by atoms with E-state index in [0.717, 1.165) is 22.3 Å². The molecule has 0 N–H and O–H groups in total. The molecule has 3 aliphatic heterocycles. The standard InChI is InChI=1S/C25H22O3S/c1-23(2)21-22(29(23,26)27)25(18-13-7-4-8-14-18)20-16-10-9-15-19(20)24(21,28-25)17-11-5-3-6-12-17/h3-16,21-22H,1-2H3/t21-,22-,24-,25-/m0/s1. The second-order valence-electron chi connectivity index (χ2n) is 8.90. The highest BCUT2D eigenvalue weighted by Gasteiger charge is 2.85. The van der Waals surface area contributed by atoms with Gasteiger partial charge in [-0.05, 0) is 36.1 Å². The molecule has 4 atom stereocenters. The van der Waals surface area contributed by atoms with Crippen molar-refractivity contribution in [2.75, 3.05) is 0 Å². The van der Waals surface area contributed by atoms with Crippen LogP contribution in [-0.2, 0) is 25.8 Å². The maximum Gasteiger partial charge on any atom is 0.162 e. The van der Waals surface area contributed by atoms with E-state index in [1.54, 1.807) is 0 Å². The molecular formula is C25H22O3S. The van der Waals surface area contributed by atoms with E-state index in [-0.39, 0.29) is 5.92 Å². The molecule has 3 nitrogen and oxygen atoms in total. The Labute approximate surface area is 171 Å². The van der Waals surface area contributed by atoms with Gasteiger partial charge in [0.15, 0.2) is 9.84 Å². The van der Waals surface area contributed by atoms with E-state index in [4.69, 9.17) is 4.74 Å². The summed E-state index contributed by atoms with van der Waals surface area (Å²) in [6.45, 7) is 3.72. The Morgan fingerprint density at radius 3 is 1.69 bits per heavy atom. The van der Waals surface area contributed by atoms with E-state index in [1.165, 1.54) is 0 Å². The molecule has 0 aliphatic carbocycles. The Morgan fingerprint density at radius 1 is 0.690 bits per heavy atom. The Kier molecular flexibility index (Phi) is 3.12. The molecule has 0 radical (unpaired) electrons. The van der Waals surface area contributed by atoms with Crippen LogP contribution >= 0.6 is 0 Å². The highest BCUT2D eigenvalue weighted by Crippen LogP contribution is 2.75. The summed E-state index contributed by atoms with van der Waals surface area (Å²) in [6, 6.07) is 28.2. The van der Waals surface area contributed by atoms with Crippen molar-refractivity contribution < 1.29 is 13.2 Å². The van der Waals surface area contributed by atoms with Crippen LogP contribution in [0.4, 0.5) is 0 Å². The van der Waals surface area contributed by atoms with Crippen molar-refractivity contribution in [3.05, 3.63) is 107 Å². The van der Waals surface area contributed by atoms with E-state index in [0.29, 0.717) is 0 Å². The summed E-state index contributed by atoms with van der Waals surface area (Å²) < 4.78 is 33.5. The van der Waals surface area contributed by atoms with E-state index in [1.807, 2.05) is 80.6 Å². The number of ether oxygens (including phenoxy) is 1. The predicted molar refractivity (Wildman–Crippen MR) is 112 cm³/mol. The summed E-state index contributed by atoms with van der Waals surface area (Å²) in [5, 5.41) is -0.595. The maximum atomic E-state index is 13.6. The molecule has 4 heteroatoms. The fraction of sp³-hybridized carbons (Fsp3) is 0.280. The van der Waals surface area contributed by atoms with Crippen LogP contribution < -0.4 is 0 Å². The number of hydrogen-bond acceptors (Lipinski definition) is 3. The van der Waals surface area contributed by atoms with E-state index in [9.17, 15) is 8.42 Å². The van der Waals surface area contributed by atoms with Gasteiger partial charge < -0.3 is 4.74 Å². The monoisotopic (exact) mass is 402 g/mol. The Morgan fingerprint density at radius 2 is 1.14 bits per heavy atom. The number of benzene rings is 3. The first kappa shape index (κ1) is 17.4. The third kappa shape index (κ3) is 1.69. The minimum atomic E-state index is -3.39. The van der Waals surface area contributed by atoms with E-state index < -0.39 is 31.0 Å². The SMILES string of the molecule is CC1(C)[C@@H]2[C@@H]([C@@]3(c4ccccc4)O[C@@]2(c2ccccc2)c2ccccc23)S1(=O)=O. The molecular weight excluding hydrogens is 380 g/mol. The van der Waals surface area contributed by atoms with Gasteiger partial charge >= 0.3 is 0 Å².